The van der Waals surface area contributed by atoms with Crippen molar-refractivity contribution in [3.8, 4) is 11.5 Å². The summed E-state index contributed by atoms with van der Waals surface area (Å²) in [7, 11) is 0. The van der Waals surface area contributed by atoms with Crippen LogP contribution >= 0.6 is 12.4 Å². The van der Waals surface area contributed by atoms with Crippen LogP contribution in [0.1, 0.15) is 29.9 Å². The summed E-state index contributed by atoms with van der Waals surface area (Å²) < 4.78 is 11.0. The zero-order chi connectivity index (χ0) is 10.5. The van der Waals surface area contributed by atoms with Crippen molar-refractivity contribution in [2.45, 2.75) is 31.2 Å². The highest BCUT2D eigenvalue weighted by molar-refractivity contribution is 5.85. The predicted molar refractivity (Wildman–Crippen MR) is 67.3 cm³/mol. The molecular formula is C13H16ClNO2. The third-order valence-corrected chi connectivity index (χ3v) is 4.13. The van der Waals surface area contributed by atoms with Gasteiger partial charge in [0.15, 0.2) is 11.5 Å². The summed E-state index contributed by atoms with van der Waals surface area (Å²) in [6.07, 6.45) is 3.62. The maximum absolute atomic E-state index is 5.60. The summed E-state index contributed by atoms with van der Waals surface area (Å²) in [6.45, 7) is 1.54. The first-order valence-electron chi connectivity index (χ1n) is 6.08. The molecule has 0 aromatic heterocycles. The van der Waals surface area contributed by atoms with E-state index in [1.165, 1.54) is 24.0 Å². The van der Waals surface area contributed by atoms with E-state index in [9.17, 15) is 0 Å². The highest BCUT2D eigenvalue weighted by Gasteiger charge is 2.35. The lowest BCUT2D eigenvalue weighted by atomic mass is 9.79. The van der Waals surface area contributed by atoms with Crippen molar-refractivity contribution in [1.29, 1.82) is 0 Å². The number of fused-ring (bicyclic) bond motifs is 5. The number of hydrogen-bond acceptors (Lipinski definition) is 3. The first-order chi connectivity index (χ1) is 7.93. The van der Waals surface area contributed by atoms with E-state index in [4.69, 9.17) is 9.47 Å². The topological polar surface area (TPSA) is 30.5 Å². The summed E-state index contributed by atoms with van der Waals surface area (Å²) in [5.74, 6) is 2.64. The zero-order valence-corrected chi connectivity index (χ0v) is 10.4. The first-order valence-corrected chi connectivity index (χ1v) is 6.08. The van der Waals surface area contributed by atoms with Crippen LogP contribution < -0.4 is 14.8 Å². The van der Waals surface area contributed by atoms with Gasteiger partial charge in [0, 0.05) is 17.5 Å². The van der Waals surface area contributed by atoms with Crippen LogP contribution in [0.2, 0.25) is 0 Å². The Kier molecular flexibility index (Phi) is 2.68. The van der Waals surface area contributed by atoms with Crippen LogP contribution in [0, 0.1) is 0 Å². The third kappa shape index (κ3) is 1.53. The summed E-state index contributed by atoms with van der Waals surface area (Å²) in [5.41, 5.74) is 2.89. The Morgan fingerprint density at radius 3 is 3.06 bits per heavy atom. The van der Waals surface area contributed by atoms with Gasteiger partial charge >= 0.3 is 0 Å². The Hall–Kier alpha value is -0.930. The second-order valence-corrected chi connectivity index (χ2v) is 4.86. The molecule has 1 fully saturated rings. The molecule has 2 atom stereocenters. The molecule has 2 heterocycles. The molecule has 0 bridgehead atoms. The monoisotopic (exact) mass is 253 g/mol. The number of ether oxygens (including phenoxy) is 2. The van der Waals surface area contributed by atoms with Gasteiger partial charge in [-0.3, -0.25) is 0 Å². The van der Waals surface area contributed by atoms with Crippen LogP contribution in [0.3, 0.4) is 0 Å². The average Bonchev–Trinajstić information content (AvgIpc) is 2.96. The highest BCUT2D eigenvalue weighted by atomic mass is 35.5. The summed E-state index contributed by atoms with van der Waals surface area (Å²) in [5, 5.41) is 3.60. The molecule has 1 aliphatic carbocycles. The maximum Gasteiger partial charge on any atom is 0.231 e. The molecule has 0 unspecified atom stereocenters. The lowest BCUT2D eigenvalue weighted by Gasteiger charge is -2.28. The van der Waals surface area contributed by atoms with Crippen molar-refractivity contribution in [1.82, 2.24) is 5.32 Å². The minimum Gasteiger partial charge on any atom is -0.454 e. The van der Waals surface area contributed by atoms with Gasteiger partial charge in [-0.25, -0.2) is 0 Å². The van der Waals surface area contributed by atoms with Gasteiger partial charge in [-0.1, -0.05) is 6.07 Å². The molecule has 2 aliphatic heterocycles. The van der Waals surface area contributed by atoms with Crippen molar-refractivity contribution in [3.63, 3.8) is 0 Å². The molecule has 1 aromatic rings. The largest absolute Gasteiger partial charge is 0.454 e. The molecule has 0 spiro atoms. The molecule has 17 heavy (non-hydrogen) atoms. The van der Waals surface area contributed by atoms with E-state index in [1.54, 1.807) is 0 Å². The molecule has 1 saturated heterocycles. The zero-order valence-electron chi connectivity index (χ0n) is 9.57. The third-order valence-electron chi connectivity index (χ3n) is 4.13. The molecule has 3 nitrogen and oxygen atoms in total. The van der Waals surface area contributed by atoms with Crippen LogP contribution in [0.25, 0.3) is 0 Å². The van der Waals surface area contributed by atoms with Gasteiger partial charge < -0.3 is 14.8 Å². The Morgan fingerprint density at radius 1 is 1.18 bits per heavy atom. The van der Waals surface area contributed by atoms with E-state index in [2.05, 4.69) is 17.4 Å². The van der Waals surface area contributed by atoms with Gasteiger partial charge in [0.2, 0.25) is 6.79 Å². The van der Waals surface area contributed by atoms with E-state index in [0.717, 1.165) is 24.5 Å². The molecule has 1 N–H and O–H groups in total. The Bertz CT molecular complexity index is 449. The highest BCUT2D eigenvalue weighted by Crippen LogP contribution is 2.46. The predicted octanol–water partition coefficient (Wildman–Crippen LogP) is 2.23. The molecule has 0 radical (unpaired) electrons. The Balaban J connectivity index is 0.000000902. The number of rotatable bonds is 0. The molecule has 4 rings (SSSR count). The van der Waals surface area contributed by atoms with Crippen LogP contribution in [0.15, 0.2) is 12.1 Å². The van der Waals surface area contributed by atoms with Crippen LogP contribution in [0.4, 0.5) is 0 Å². The van der Waals surface area contributed by atoms with E-state index >= 15 is 0 Å². The molecule has 3 aliphatic rings. The van der Waals surface area contributed by atoms with E-state index in [1.807, 2.05) is 0 Å². The van der Waals surface area contributed by atoms with Crippen molar-refractivity contribution in [2.75, 3.05) is 13.3 Å². The fourth-order valence-corrected chi connectivity index (χ4v) is 3.39. The van der Waals surface area contributed by atoms with Gasteiger partial charge in [-0.2, -0.15) is 0 Å². The van der Waals surface area contributed by atoms with E-state index in [-0.39, 0.29) is 12.4 Å². The number of halogens is 1. The normalized spacial score (nSPS) is 28.2. The number of benzene rings is 1. The Morgan fingerprint density at radius 2 is 2.12 bits per heavy atom. The average molecular weight is 254 g/mol. The summed E-state index contributed by atoms with van der Waals surface area (Å²) >= 11 is 0. The van der Waals surface area contributed by atoms with Crippen molar-refractivity contribution < 1.29 is 9.47 Å². The molecule has 0 amide bonds. The minimum atomic E-state index is 0. The van der Waals surface area contributed by atoms with Crippen LogP contribution in [0.5, 0.6) is 11.5 Å². The van der Waals surface area contributed by atoms with Crippen LogP contribution in [-0.2, 0) is 6.42 Å². The number of nitrogens with one attached hydrogen (secondary N) is 1. The van der Waals surface area contributed by atoms with Gasteiger partial charge in [0.25, 0.3) is 0 Å². The molecule has 0 saturated carbocycles. The molecule has 92 valence electrons. The molecule has 1 aromatic carbocycles. The molecular weight excluding hydrogens is 238 g/mol. The lowest BCUT2D eigenvalue weighted by molar-refractivity contribution is 0.173. The number of hydrogen-bond donors (Lipinski definition) is 1. The van der Waals surface area contributed by atoms with Crippen LogP contribution in [-0.4, -0.2) is 19.4 Å². The van der Waals surface area contributed by atoms with Gasteiger partial charge in [0.1, 0.15) is 0 Å². The molecule has 4 heteroatoms. The SMILES string of the molecule is Cl.c1cc2c(c3c1OCO3)CC[C@@H]1NCC[C@@H]21. The van der Waals surface area contributed by atoms with Crippen molar-refractivity contribution in [3.05, 3.63) is 23.3 Å². The lowest BCUT2D eigenvalue weighted by Crippen LogP contribution is -2.30. The van der Waals surface area contributed by atoms with Crippen molar-refractivity contribution >= 4 is 12.4 Å². The first kappa shape index (κ1) is 11.2. The van der Waals surface area contributed by atoms with E-state index < -0.39 is 0 Å². The fourth-order valence-electron chi connectivity index (χ4n) is 3.39. The van der Waals surface area contributed by atoms with E-state index in [0.29, 0.717) is 18.8 Å². The second-order valence-electron chi connectivity index (χ2n) is 4.86. The van der Waals surface area contributed by atoms with Gasteiger partial charge in [0.05, 0.1) is 0 Å². The maximum atomic E-state index is 5.60. The van der Waals surface area contributed by atoms with Crippen molar-refractivity contribution in [2.24, 2.45) is 0 Å². The van der Waals surface area contributed by atoms with Gasteiger partial charge in [-0.15, -0.1) is 12.4 Å². The summed E-state index contributed by atoms with van der Waals surface area (Å²) in [4.78, 5) is 0. The summed E-state index contributed by atoms with van der Waals surface area (Å²) in [6, 6.07) is 5.00. The minimum absolute atomic E-state index is 0. The fraction of sp³-hybridized carbons (Fsp3) is 0.538. The Labute approximate surface area is 107 Å². The smallest absolute Gasteiger partial charge is 0.231 e. The van der Waals surface area contributed by atoms with Gasteiger partial charge in [-0.05, 0) is 37.4 Å². The second kappa shape index (κ2) is 4.07. The standard InChI is InChI=1S/C13H15NO2.ClH/c1-3-11-9(5-6-14-11)8-2-4-12-13(10(1)8)16-7-15-12;/h2,4,9,11,14H,1,3,5-7H2;1H/t9-,11-;/m0./s1. The quantitative estimate of drug-likeness (QED) is 0.769.